The highest BCUT2D eigenvalue weighted by molar-refractivity contribution is 7.99. The van der Waals surface area contributed by atoms with Gasteiger partial charge in [-0.3, -0.25) is 4.79 Å². The Hall–Kier alpha value is -2.16. The molecule has 0 atom stereocenters. The number of aromatic nitrogens is 3. The number of hydrazone groups is 1. The van der Waals surface area contributed by atoms with E-state index in [2.05, 4.69) is 20.7 Å². The Labute approximate surface area is 157 Å². The standard InChI is InChI=1S/C16H14ClN5OS2/c1-22-15(11-4-2-5-12(17)8-11)20-21-16(22)25-10-14(23)19-18-9-13-6-3-7-24-13/h2-9H,10H2,1H3,(H,19,23)/b18-9-. The first-order valence-corrected chi connectivity index (χ1v) is 9.51. The van der Waals surface area contributed by atoms with Gasteiger partial charge in [0, 0.05) is 22.5 Å². The van der Waals surface area contributed by atoms with Gasteiger partial charge in [-0.05, 0) is 23.6 Å². The average Bonchev–Trinajstić information content (AvgIpc) is 3.23. The fourth-order valence-corrected chi connectivity index (χ4v) is 3.49. The maximum atomic E-state index is 11.9. The number of hydrogen-bond donors (Lipinski definition) is 1. The lowest BCUT2D eigenvalue weighted by atomic mass is 10.2. The van der Waals surface area contributed by atoms with E-state index in [1.54, 1.807) is 23.6 Å². The van der Waals surface area contributed by atoms with Crippen LogP contribution in [-0.4, -0.2) is 32.6 Å². The quantitative estimate of drug-likeness (QED) is 0.397. The normalized spacial score (nSPS) is 11.1. The number of amides is 1. The van der Waals surface area contributed by atoms with Crippen LogP contribution in [0.1, 0.15) is 4.88 Å². The first kappa shape index (κ1) is 17.7. The van der Waals surface area contributed by atoms with Crippen LogP contribution in [0, 0.1) is 0 Å². The van der Waals surface area contributed by atoms with Gasteiger partial charge in [-0.2, -0.15) is 5.10 Å². The first-order chi connectivity index (χ1) is 12.1. The number of thiophene rings is 1. The zero-order valence-electron chi connectivity index (χ0n) is 13.2. The number of halogens is 1. The molecule has 6 nitrogen and oxygen atoms in total. The fourth-order valence-electron chi connectivity index (χ4n) is 2.01. The molecule has 0 spiro atoms. The van der Waals surface area contributed by atoms with Crippen molar-refractivity contribution in [1.29, 1.82) is 0 Å². The van der Waals surface area contributed by atoms with Crippen molar-refractivity contribution >= 4 is 46.8 Å². The van der Waals surface area contributed by atoms with Crippen LogP contribution >= 0.6 is 34.7 Å². The largest absolute Gasteiger partial charge is 0.305 e. The van der Waals surface area contributed by atoms with Crippen LogP contribution in [0.2, 0.25) is 5.02 Å². The molecule has 2 heterocycles. The molecule has 128 valence electrons. The molecule has 3 aromatic rings. The van der Waals surface area contributed by atoms with Gasteiger partial charge < -0.3 is 4.57 Å². The summed E-state index contributed by atoms with van der Waals surface area (Å²) in [6, 6.07) is 11.2. The van der Waals surface area contributed by atoms with Gasteiger partial charge in [0.25, 0.3) is 5.91 Å². The summed E-state index contributed by atoms with van der Waals surface area (Å²) in [5.74, 6) is 0.690. The predicted molar refractivity (Wildman–Crippen MR) is 102 cm³/mol. The smallest absolute Gasteiger partial charge is 0.250 e. The molecule has 0 unspecified atom stereocenters. The highest BCUT2D eigenvalue weighted by Gasteiger charge is 2.13. The van der Waals surface area contributed by atoms with Gasteiger partial charge in [0.1, 0.15) is 0 Å². The molecule has 0 radical (unpaired) electrons. The van der Waals surface area contributed by atoms with Crippen molar-refractivity contribution in [1.82, 2.24) is 20.2 Å². The summed E-state index contributed by atoms with van der Waals surface area (Å²) in [4.78, 5) is 12.8. The molecule has 0 fully saturated rings. The molecule has 0 aliphatic carbocycles. The third-order valence-corrected chi connectivity index (χ3v) is 5.24. The van der Waals surface area contributed by atoms with Crippen LogP contribution in [-0.2, 0) is 11.8 Å². The third kappa shape index (κ3) is 4.68. The number of benzene rings is 1. The average molecular weight is 392 g/mol. The monoisotopic (exact) mass is 391 g/mol. The summed E-state index contributed by atoms with van der Waals surface area (Å²) in [5, 5.41) is 15.5. The molecule has 9 heteroatoms. The Balaban J connectivity index is 1.57. The molecule has 2 aromatic heterocycles. The molecule has 0 bridgehead atoms. The van der Waals surface area contributed by atoms with Crippen LogP contribution in [0.4, 0.5) is 0 Å². The van der Waals surface area contributed by atoms with Gasteiger partial charge in [0.15, 0.2) is 11.0 Å². The van der Waals surface area contributed by atoms with Crippen LogP contribution in [0.15, 0.2) is 52.0 Å². The van der Waals surface area contributed by atoms with Crippen molar-refractivity contribution < 1.29 is 4.79 Å². The number of carbonyl (C=O) groups is 1. The van der Waals surface area contributed by atoms with E-state index in [9.17, 15) is 4.79 Å². The van der Waals surface area contributed by atoms with Crippen molar-refractivity contribution in [3.05, 3.63) is 51.7 Å². The molecule has 0 aliphatic rings. The zero-order chi connectivity index (χ0) is 17.6. The predicted octanol–water partition coefficient (Wildman–Crippen LogP) is 3.44. The van der Waals surface area contributed by atoms with E-state index >= 15 is 0 Å². The Bertz CT molecular complexity index is 892. The van der Waals surface area contributed by atoms with Crippen LogP contribution < -0.4 is 5.43 Å². The molecule has 0 saturated carbocycles. The van der Waals surface area contributed by atoms with Gasteiger partial charge >= 0.3 is 0 Å². The zero-order valence-corrected chi connectivity index (χ0v) is 15.6. The number of hydrogen-bond acceptors (Lipinski definition) is 6. The number of nitrogens with zero attached hydrogens (tertiary/aromatic N) is 4. The molecule has 1 amide bonds. The van der Waals surface area contributed by atoms with Crippen molar-refractivity contribution in [2.24, 2.45) is 12.1 Å². The molecule has 3 rings (SSSR count). The van der Waals surface area contributed by atoms with Crippen LogP contribution in [0.5, 0.6) is 0 Å². The summed E-state index contributed by atoms with van der Waals surface area (Å²) >= 11 is 8.86. The van der Waals surface area contributed by atoms with E-state index in [0.717, 1.165) is 10.4 Å². The van der Waals surface area contributed by atoms with Crippen LogP contribution in [0.25, 0.3) is 11.4 Å². The number of carbonyl (C=O) groups excluding carboxylic acids is 1. The van der Waals surface area contributed by atoms with E-state index < -0.39 is 0 Å². The van der Waals surface area contributed by atoms with Crippen LogP contribution in [0.3, 0.4) is 0 Å². The van der Waals surface area contributed by atoms with E-state index in [1.165, 1.54) is 11.8 Å². The number of nitrogens with one attached hydrogen (secondary N) is 1. The SMILES string of the molecule is Cn1c(SCC(=O)N/N=C\c2cccs2)nnc1-c1cccc(Cl)c1. The number of thioether (sulfide) groups is 1. The van der Waals surface area contributed by atoms with E-state index in [-0.39, 0.29) is 11.7 Å². The molecule has 25 heavy (non-hydrogen) atoms. The number of rotatable bonds is 6. The summed E-state index contributed by atoms with van der Waals surface area (Å²) in [5.41, 5.74) is 3.37. The van der Waals surface area contributed by atoms with Gasteiger partial charge in [0.05, 0.1) is 12.0 Å². The molecule has 1 aromatic carbocycles. The Morgan fingerprint density at radius 2 is 2.28 bits per heavy atom. The minimum absolute atomic E-state index is 0.198. The van der Waals surface area contributed by atoms with E-state index in [1.807, 2.05) is 47.3 Å². The van der Waals surface area contributed by atoms with E-state index in [0.29, 0.717) is 16.0 Å². The minimum atomic E-state index is -0.204. The highest BCUT2D eigenvalue weighted by atomic mass is 35.5. The summed E-state index contributed by atoms with van der Waals surface area (Å²) in [7, 11) is 1.85. The highest BCUT2D eigenvalue weighted by Crippen LogP contribution is 2.24. The maximum Gasteiger partial charge on any atom is 0.250 e. The fraction of sp³-hybridized carbons (Fsp3) is 0.125. The second-order valence-electron chi connectivity index (χ2n) is 4.97. The molecular formula is C16H14ClN5OS2. The molecule has 1 N–H and O–H groups in total. The topological polar surface area (TPSA) is 72.2 Å². The Morgan fingerprint density at radius 1 is 1.40 bits per heavy atom. The second-order valence-corrected chi connectivity index (χ2v) is 7.33. The molecule has 0 saturated heterocycles. The Morgan fingerprint density at radius 3 is 3.04 bits per heavy atom. The minimum Gasteiger partial charge on any atom is -0.305 e. The second kappa shape index (κ2) is 8.28. The summed E-state index contributed by atoms with van der Waals surface area (Å²) < 4.78 is 1.83. The van der Waals surface area contributed by atoms with Crippen molar-refractivity contribution in [2.45, 2.75) is 5.16 Å². The van der Waals surface area contributed by atoms with Gasteiger partial charge in [-0.25, -0.2) is 5.43 Å². The van der Waals surface area contributed by atoms with Gasteiger partial charge in [0.2, 0.25) is 0 Å². The van der Waals surface area contributed by atoms with Gasteiger partial charge in [-0.1, -0.05) is 41.6 Å². The summed E-state index contributed by atoms with van der Waals surface area (Å²) in [6.07, 6.45) is 1.62. The lowest BCUT2D eigenvalue weighted by Crippen LogP contribution is -2.19. The lowest BCUT2D eigenvalue weighted by molar-refractivity contribution is -0.118. The molecule has 0 aliphatic heterocycles. The van der Waals surface area contributed by atoms with Crippen molar-refractivity contribution in [3.8, 4) is 11.4 Å². The van der Waals surface area contributed by atoms with Gasteiger partial charge in [-0.15, -0.1) is 21.5 Å². The van der Waals surface area contributed by atoms with Crippen molar-refractivity contribution in [3.63, 3.8) is 0 Å². The van der Waals surface area contributed by atoms with E-state index in [4.69, 9.17) is 11.6 Å². The summed E-state index contributed by atoms with van der Waals surface area (Å²) in [6.45, 7) is 0. The third-order valence-electron chi connectivity index (χ3n) is 3.17. The molecular weight excluding hydrogens is 378 g/mol. The van der Waals surface area contributed by atoms with Crippen molar-refractivity contribution in [2.75, 3.05) is 5.75 Å². The Kier molecular flexibility index (Phi) is 5.85. The first-order valence-electron chi connectivity index (χ1n) is 7.27. The maximum absolute atomic E-state index is 11.9. The lowest BCUT2D eigenvalue weighted by Gasteiger charge is -2.04.